The van der Waals surface area contributed by atoms with E-state index in [1.807, 2.05) is 0 Å². The molecule has 0 saturated heterocycles. The Labute approximate surface area is 211 Å². The van der Waals surface area contributed by atoms with Gasteiger partial charge in [0.15, 0.2) is 0 Å². The van der Waals surface area contributed by atoms with E-state index in [-0.39, 0.29) is 18.4 Å². The summed E-state index contributed by atoms with van der Waals surface area (Å²) in [6.07, 6.45) is 2.54. The van der Waals surface area contributed by atoms with Gasteiger partial charge >= 0.3 is 5.97 Å². The van der Waals surface area contributed by atoms with Crippen LogP contribution < -0.4 is 9.47 Å². The number of rotatable bonds is 10. The van der Waals surface area contributed by atoms with Crippen molar-refractivity contribution in [2.24, 2.45) is 0 Å². The Kier molecular flexibility index (Phi) is 7.14. The summed E-state index contributed by atoms with van der Waals surface area (Å²) in [4.78, 5) is 16.6. The van der Waals surface area contributed by atoms with Crippen molar-refractivity contribution in [2.75, 3.05) is 14.2 Å². The highest BCUT2D eigenvalue weighted by atomic mass is 32.2. The second-order valence-corrected chi connectivity index (χ2v) is 10.9. The molecule has 1 N–H and O–H groups in total. The summed E-state index contributed by atoms with van der Waals surface area (Å²) >= 11 is 1.25. The molecule has 0 radical (unpaired) electrons. The average molecular weight is 531 g/mol. The fraction of sp³-hybridized carbons (Fsp3) is 0.200. The fourth-order valence-corrected chi connectivity index (χ4v) is 7.01. The van der Waals surface area contributed by atoms with Crippen LogP contribution in [0, 0.1) is 5.82 Å². The van der Waals surface area contributed by atoms with Crippen molar-refractivity contribution in [1.29, 1.82) is 0 Å². The third-order valence-electron chi connectivity index (χ3n) is 5.64. The Balaban J connectivity index is 1.77. The molecule has 1 atom stereocenters. The Bertz CT molecular complexity index is 1560. The molecular weight excluding hydrogens is 507 g/mol. The molecule has 0 amide bonds. The molecule has 1 unspecified atom stereocenters. The zero-order chi connectivity index (χ0) is 26.0. The maximum Gasteiger partial charge on any atom is 0.303 e. The summed E-state index contributed by atoms with van der Waals surface area (Å²) in [6.45, 7) is 3.75. The van der Waals surface area contributed by atoms with E-state index >= 15 is 0 Å². The van der Waals surface area contributed by atoms with E-state index in [1.54, 1.807) is 24.3 Å². The van der Waals surface area contributed by atoms with Gasteiger partial charge in [0.1, 0.15) is 11.1 Å². The number of aromatic nitrogens is 2. The topological polar surface area (TPSA) is 108 Å². The van der Waals surface area contributed by atoms with E-state index in [1.165, 1.54) is 56.0 Å². The number of methoxy groups -OCH3 is 2. The molecule has 3 heterocycles. The second kappa shape index (κ2) is 10.1. The van der Waals surface area contributed by atoms with Crippen LogP contribution in [-0.4, -0.2) is 42.7 Å². The zero-order valence-electron chi connectivity index (χ0n) is 19.5. The van der Waals surface area contributed by atoms with Gasteiger partial charge in [-0.3, -0.25) is 4.79 Å². The van der Waals surface area contributed by atoms with Crippen molar-refractivity contribution in [1.82, 2.24) is 8.96 Å². The summed E-state index contributed by atoms with van der Waals surface area (Å²) in [5.74, 6) is -0.857. The smallest absolute Gasteiger partial charge is 0.303 e. The molecule has 0 bridgehead atoms. The van der Waals surface area contributed by atoms with Crippen molar-refractivity contribution in [3.8, 4) is 22.2 Å². The van der Waals surface area contributed by atoms with Gasteiger partial charge in [0.25, 0.3) is 10.0 Å². The van der Waals surface area contributed by atoms with Gasteiger partial charge in [0.2, 0.25) is 11.8 Å². The summed E-state index contributed by atoms with van der Waals surface area (Å²) in [5.41, 5.74) is 1.37. The van der Waals surface area contributed by atoms with Crippen molar-refractivity contribution in [2.45, 2.75) is 18.1 Å². The largest absolute Gasteiger partial charge is 0.481 e. The predicted molar refractivity (Wildman–Crippen MR) is 136 cm³/mol. The Morgan fingerprint density at radius 1 is 1.22 bits per heavy atom. The van der Waals surface area contributed by atoms with E-state index in [0.29, 0.717) is 33.2 Å². The van der Waals surface area contributed by atoms with Crippen LogP contribution in [0.5, 0.6) is 11.8 Å². The minimum Gasteiger partial charge on any atom is -0.481 e. The predicted octanol–water partition coefficient (Wildman–Crippen LogP) is 5.04. The van der Waals surface area contributed by atoms with Gasteiger partial charge in [-0.25, -0.2) is 16.8 Å². The summed E-state index contributed by atoms with van der Waals surface area (Å²) < 4.78 is 53.2. The fourth-order valence-electron chi connectivity index (χ4n) is 3.93. The van der Waals surface area contributed by atoms with Crippen molar-refractivity contribution >= 4 is 38.2 Å². The number of pyridine rings is 1. The molecule has 3 aromatic heterocycles. The normalized spacial score (nSPS) is 12.4. The summed E-state index contributed by atoms with van der Waals surface area (Å²) in [7, 11) is -1.10. The van der Waals surface area contributed by atoms with E-state index in [0.717, 1.165) is 8.85 Å². The van der Waals surface area contributed by atoms with Crippen LogP contribution in [0.3, 0.4) is 0 Å². The second-order valence-electron chi connectivity index (χ2n) is 7.82. The highest BCUT2D eigenvalue weighted by Crippen LogP contribution is 2.40. The van der Waals surface area contributed by atoms with Gasteiger partial charge in [0, 0.05) is 33.8 Å². The number of thiophene rings is 1. The molecule has 0 aliphatic carbocycles. The molecule has 4 rings (SSSR count). The molecule has 1 aromatic carbocycles. The molecule has 188 valence electrons. The lowest BCUT2D eigenvalue weighted by molar-refractivity contribution is -0.136. The van der Waals surface area contributed by atoms with Crippen molar-refractivity contribution in [3.63, 3.8) is 0 Å². The van der Waals surface area contributed by atoms with Crippen LogP contribution >= 0.6 is 11.3 Å². The molecule has 0 saturated carbocycles. The number of carboxylic acids is 1. The molecule has 8 nitrogen and oxygen atoms in total. The summed E-state index contributed by atoms with van der Waals surface area (Å²) in [6, 6.07) is 10.7. The maximum atomic E-state index is 14.0. The SMILES string of the molecule is C=CC(c1ccc(-c2ccc(OC)nc2OC)s1)S(=O)(=O)n1cc(CCC(=O)O)c2cc(F)ccc21. The van der Waals surface area contributed by atoms with Crippen LogP contribution in [0.25, 0.3) is 21.3 Å². The molecule has 0 aliphatic rings. The Hall–Kier alpha value is -3.70. The lowest BCUT2D eigenvalue weighted by Gasteiger charge is -2.14. The highest BCUT2D eigenvalue weighted by Gasteiger charge is 2.30. The molecule has 0 spiro atoms. The number of halogens is 1. The molecule has 11 heteroatoms. The quantitative estimate of drug-likeness (QED) is 0.286. The minimum absolute atomic E-state index is 0.0595. The van der Waals surface area contributed by atoms with Crippen molar-refractivity contribution < 1.29 is 32.2 Å². The summed E-state index contributed by atoms with van der Waals surface area (Å²) in [5, 5.41) is 8.32. The van der Waals surface area contributed by atoms with Gasteiger partial charge in [0.05, 0.1) is 25.3 Å². The van der Waals surface area contributed by atoms with E-state index in [4.69, 9.17) is 14.6 Å². The molecule has 0 fully saturated rings. The standard InChI is InChI=1S/C25H23FN2O6S2/c1-4-22(21-10-9-20(35-21)17-7-11-23(33-2)27-25(17)34-3)36(31,32)28-14-15(5-12-24(29)30)18-13-16(26)6-8-19(18)28/h4,6-11,13-14,22H,1,5,12H2,2-3H3,(H,29,30). The lowest BCUT2D eigenvalue weighted by atomic mass is 10.1. The first-order valence-electron chi connectivity index (χ1n) is 10.8. The number of carbonyl (C=O) groups is 1. The number of carboxylic acid groups (broad SMARTS) is 1. The third-order valence-corrected chi connectivity index (χ3v) is 8.93. The van der Waals surface area contributed by atoms with Gasteiger partial charge in [-0.1, -0.05) is 6.08 Å². The van der Waals surface area contributed by atoms with Gasteiger partial charge in [-0.15, -0.1) is 17.9 Å². The number of nitrogens with zero attached hydrogens (tertiary/aromatic N) is 2. The average Bonchev–Trinajstić information content (AvgIpc) is 3.47. The van der Waals surface area contributed by atoms with Gasteiger partial charge in [-0.05, 0) is 48.4 Å². The van der Waals surface area contributed by atoms with Crippen LogP contribution in [0.4, 0.5) is 4.39 Å². The van der Waals surface area contributed by atoms with Crippen LogP contribution in [0.1, 0.15) is 22.1 Å². The van der Waals surface area contributed by atoms with Gasteiger partial charge in [-0.2, -0.15) is 4.98 Å². The number of hydrogen-bond donors (Lipinski definition) is 1. The molecule has 0 aliphatic heterocycles. The molecule has 36 heavy (non-hydrogen) atoms. The first kappa shape index (κ1) is 25.4. The maximum absolute atomic E-state index is 14.0. The number of aliphatic carboxylic acids is 1. The van der Waals surface area contributed by atoms with E-state index in [2.05, 4.69) is 11.6 Å². The number of benzene rings is 1. The lowest BCUT2D eigenvalue weighted by Crippen LogP contribution is -2.18. The number of fused-ring (bicyclic) bond motifs is 1. The minimum atomic E-state index is -4.08. The first-order valence-corrected chi connectivity index (χ1v) is 13.1. The Morgan fingerprint density at radius 3 is 2.67 bits per heavy atom. The first-order chi connectivity index (χ1) is 17.2. The number of aryl methyl sites for hydroxylation is 1. The Morgan fingerprint density at radius 2 is 2.00 bits per heavy atom. The monoisotopic (exact) mass is 530 g/mol. The highest BCUT2D eigenvalue weighted by molar-refractivity contribution is 7.90. The van der Waals surface area contributed by atoms with Crippen LogP contribution in [-0.2, 0) is 21.2 Å². The number of ether oxygens (including phenoxy) is 2. The number of hydrogen-bond acceptors (Lipinski definition) is 7. The van der Waals surface area contributed by atoms with Crippen molar-refractivity contribution in [3.05, 3.63) is 77.6 Å². The van der Waals surface area contributed by atoms with Crippen LogP contribution in [0.2, 0.25) is 0 Å². The van der Waals surface area contributed by atoms with E-state index < -0.39 is 27.1 Å². The van der Waals surface area contributed by atoms with Crippen LogP contribution in [0.15, 0.2) is 61.3 Å². The third kappa shape index (κ3) is 4.71. The van der Waals surface area contributed by atoms with E-state index in [9.17, 15) is 17.6 Å². The molecule has 4 aromatic rings. The zero-order valence-corrected chi connectivity index (χ0v) is 21.1. The van der Waals surface area contributed by atoms with Gasteiger partial charge < -0.3 is 14.6 Å². The molecular formula is C25H23FN2O6S2.